The maximum absolute atomic E-state index is 12.9. The molecular formula is C10H8ClFO. The van der Waals surface area contributed by atoms with Crippen molar-refractivity contribution in [2.75, 3.05) is 0 Å². The average molecular weight is 199 g/mol. The molecule has 3 heteroatoms. The summed E-state index contributed by atoms with van der Waals surface area (Å²) in [7, 11) is 0. The van der Waals surface area contributed by atoms with Gasteiger partial charge in [0.1, 0.15) is 5.82 Å². The van der Waals surface area contributed by atoms with Gasteiger partial charge >= 0.3 is 0 Å². The molecule has 0 saturated carbocycles. The molecule has 0 aromatic heterocycles. The highest BCUT2D eigenvalue weighted by Crippen LogP contribution is 2.15. The summed E-state index contributed by atoms with van der Waals surface area (Å²) in [6.07, 6.45) is 2.98. The molecule has 0 saturated heterocycles. The zero-order valence-corrected chi connectivity index (χ0v) is 7.81. The summed E-state index contributed by atoms with van der Waals surface area (Å²) in [6.45, 7) is 1.73. The van der Waals surface area contributed by atoms with Gasteiger partial charge in [-0.1, -0.05) is 17.7 Å². The number of ketones is 1. The second-order valence-electron chi connectivity index (χ2n) is 2.49. The Bertz CT molecular complexity index is 358. The van der Waals surface area contributed by atoms with Gasteiger partial charge < -0.3 is 0 Å². The number of carbonyl (C=O) groups is 1. The van der Waals surface area contributed by atoms with Crippen LogP contribution in [0.4, 0.5) is 4.39 Å². The van der Waals surface area contributed by atoms with Crippen LogP contribution in [0, 0.1) is 5.82 Å². The first-order chi connectivity index (χ1) is 6.15. The third-order valence-corrected chi connectivity index (χ3v) is 1.83. The molecule has 0 aliphatic carbocycles. The molecule has 0 unspecified atom stereocenters. The van der Waals surface area contributed by atoms with Crippen LogP contribution in [-0.4, -0.2) is 5.78 Å². The minimum absolute atomic E-state index is 0.0250. The quantitative estimate of drug-likeness (QED) is 0.527. The summed E-state index contributed by atoms with van der Waals surface area (Å²) in [4.78, 5) is 11.2. The fourth-order valence-electron chi connectivity index (χ4n) is 0.897. The first kappa shape index (κ1) is 9.93. The summed E-state index contributed by atoms with van der Waals surface area (Å²) < 4.78 is 12.9. The Labute approximate surface area is 80.8 Å². The highest BCUT2D eigenvalue weighted by atomic mass is 35.5. The van der Waals surface area contributed by atoms with Crippen molar-refractivity contribution in [1.29, 1.82) is 0 Å². The van der Waals surface area contributed by atoms with Crippen LogP contribution in [-0.2, 0) is 0 Å². The second kappa shape index (κ2) is 4.19. The van der Waals surface area contributed by atoms with Crippen molar-refractivity contribution in [1.82, 2.24) is 0 Å². The van der Waals surface area contributed by atoms with Crippen LogP contribution < -0.4 is 0 Å². The number of rotatable bonds is 2. The maximum atomic E-state index is 12.9. The molecular weight excluding hydrogens is 191 g/mol. The molecule has 68 valence electrons. The SMILES string of the molecule is C/C=C/C(=O)c1ccc(Cl)c(F)c1. The number of benzene rings is 1. The van der Waals surface area contributed by atoms with Gasteiger partial charge in [-0.15, -0.1) is 0 Å². The monoisotopic (exact) mass is 198 g/mol. The van der Waals surface area contributed by atoms with Gasteiger partial charge in [0, 0.05) is 5.56 Å². The van der Waals surface area contributed by atoms with Crippen molar-refractivity contribution >= 4 is 17.4 Å². The Kier molecular flexibility index (Phi) is 3.20. The molecule has 13 heavy (non-hydrogen) atoms. The molecule has 0 aliphatic heterocycles. The van der Waals surface area contributed by atoms with Gasteiger partial charge in [-0.2, -0.15) is 0 Å². The van der Waals surface area contributed by atoms with Gasteiger partial charge in [-0.3, -0.25) is 4.79 Å². The number of hydrogen-bond acceptors (Lipinski definition) is 1. The van der Waals surface area contributed by atoms with Crippen molar-refractivity contribution < 1.29 is 9.18 Å². The third-order valence-electron chi connectivity index (χ3n) is 1.52. The smallest absolute Gasteiger partial charge is 0.185 e. The summed E-state index contributed by atoms with van der Waals surface area (Å²) in [5.74, 6) is -0.796. The zero-order chi connectivity index (χ0) is 9.84. The molecule has 0 radical (unpaired) electrons. The first-order valence-corrected chi connectivity index (χ1v) is 4.15. The molecule has 0 amide bonds. The van der Waals surface area contributed by atoms with Crippen molar-refractivity contribution in [3.63, 3.8) is 0 Å². The van der Waals surface area contributed by atoms with E-state index in [0.717, 1.165) is 6.07 Å². The summed E-state index contributed by atoms with van der Waals surface area (Å²) in [6, 6.07) is 3.99. The van der Waals surface area contributed by atoms with Gasteiger partial charge in [-0.05, 0) is 31.2 Å². The van der Waals surface area contributed by atoms with E-state index in [1.807, 2.05) is 0 Å². The molecule has 0 N–H and O–H groups in total. The normalized spacial score (nSPS) is 10.7. The molecule has 1 aromatic carbocycles. The summed E-state index contributed by atoms with van der Waals surface area (Å²) >= 11 is 5.46. The van der Waals surface area contributed by atoms with Gasteiger partial charge in [0.05, 0.1) is 5.02 Å². The third kappa shape index (κ3) is 2.39. The Morgan fingerprint density at radius 2 is 2.23 bits per heavy atom. The van der Waals surface area contributed by atoms with E-state index >= 15 is 0 Å². The lowest BCUT2D eigenvalue weighted by Gasteiger charge is -1.97. The summed E-state index contributed by atoms with van der Waals surface area (Å²) in [5.41, 5.74) is 0.306. The lowest BCUT2D eigenvalue weighted by molar-refractivity contribution is 0.104. The number of carbonyl (C=O) groups excluding carboxylic acids is 1. The Balaban J connectivity index is 3.04. The van der Waals surface area contributed by atoms with Crippen molar-refractivity contribution in [2.45, 2.75) is 6.92 Å². The Hall–Kier alpha value is -1.15. The predicted octanol–water partition coefficient (Wildman–Crippen LogP) is 3.24. The van der Waals surface area contributed by atoms with E-state index in [2.05, 4.69) is 0 Å². The van der Waals surface area contributed by atoms with Gasteiger partial charge in [0.25, 0.3) is 0 Å². The Morgan fingerprint density at radius 1 is 1.54 bits per heavy atom. The molecule has 1 aromatic rings. The first-order valence-electron chi connectivity index (χ1n) is 3.77. The van der Waals surface area contributed by atoms with E-state index in [-0.39, 0.29) is 10.8 Å². The second-order valence-corrected chi connectivity index (χ2v) is 2.90. The topological polar surface area (TPSA) is 17.1 Å². The van der Waals surface area contributed by atoms with Crippen LogP contribution in [0.25, 0.3) is 0 Å². The summed E-state index contributed by atoms with van der Waals surface area (Å²) in [5, 5.41) is 0.0250. The maximum Gasteiger partial charge on any atom is 0.185 e. The molecule has 1 nitrogen and oxygen atoms in total. The van der Waals surface area contributed by atoms with Crippen LogP contribution in [0.2, 0.25) is 5.02 Å². The van der Waals surface area contributed by atoms with Crippen molar-refractivity contribution in [2.24, 2.45) is 0 Å². The number of hydrogen-bond donors (Lipinski definition) is 0. The van der Waals surface area contributed by atoms with E-state index in [4.69, 9.17) is 11.6 Å². The number of allylic oxidation sites excluding steroid dienone is 2. The van der Waals surface area contributed by atoms with E-state index in [1.54, 1.807) is 13.0 Å². The lowest BCUT2D eigenvalue weighted by Crippen LogP contribution is -1.94. The van der Waals surface area contributed by atoms with Crippen molar-refractivity contribution in [3.8, 4) is 0 Å². The van der Waals surface area contributed by atoms with Crippen LogP contribution >= 0.6 is 11.6 Å². The van der Waals surface area contributed by atoms with Gasteiger partial charge in [-0.25, -0.2) is 4.39 Å². The lowest BCUT2D eigenvalue weighted by atomic mass is 10.1. The van der Waals surface area contributed by atoms with Gasteiger partial charge in [0.15, 0.2) is 5.78 Å². The van der Waals surface area contributed by atoms with E-state index < -0.39 is 5.82 Å². The highest BCUT2D eigenvalue weighted by Gasteiger charge is 2.05. The fraction of sp³-hybridized carbons (Fsp3) is 0.100. The van der Waals surface area contributed by atoms with E-state index in [9.17, 15) is 9.18 Å². The number of halogens is 2. The Morgan fingerprint density at radius 3 is 2.77 bits per heavy atom. The van der Waals surface area contributed by atoms with Gasteiger partial charge in [0.2, 0.25) is 0 Å². The zero-order valence-electron chi connectivity index (χ0n) is 7.05. The molecule has 0 bridgehead atoms. The standard InChI is InChI=1S/C10H8ClFO/c1-2-3-10(13)7-4-5-8(11)9(12)6-7/h2-6H,1H3/b3-2+. The highest BCUT2D eigenvalue weighted by molar-refractivity contribution is 6.30. The molecule has 0 atom stereocenters. The largest absolute Gasteiger partial charge is 0.289 e. The molecule has 0 aliphatic rings. The molecule has 0 spiro atoms. The van der Waals surface area contributed by atoms with Crippen LogP contribution in [0.5, 0.6) is 0 Å². The fourth-order valence-corrected chi connectivity index (χ4v) is 1.01. The molecule has 0 heterocycles. The van der Waals surface area contributed by atoms with Crippen LogP contribution in [0.15, 0.2) is 30.4 Å². The minimum atomic E-state index is -0.572. The van der Waals surface area contributed by atoms with Crippen molar-refractivity contribution in [3.05, 3.63) is 46.8 Å². The van der Waals surface area contributed by atoms with Crippen LogP contribution in [0.3, 0.4) is 0 Å². The van der Waals surface area contributed by atoms with E-state index in [1.165, 1.54) is 18.2 Å². The van der Waals surface area contributed by atoms with E-state index in [0.29, 0.717) is 5.56 Å². The van der Waals surface area contributed by atoms with Crippen LogP contribution in [0.1, 0.15) is 17.3 Å². The molecule has 1 rings (SSSR count). The minimum Gasteiger partial charge on any atom is -0.289 e. The predicted molar refractivity (Wildman–Crippen MR) is 50.6 cm³/mol. The average Bonchev–Trinajstić information content (AvgIpc) is 2.10. The molecule has 0 fully saturated rings.